The molecule has 2 heterocycles. The molecule has 1 aliphatic rings. The third-order valence-electron chi connectivity index (χ3n) is 3.02. The van der Waals surface area contributed by atoms with E-state index in [1.54, 1.807) is 4.90 Å². The third-order valence-corrected chi connectivity index (χ3v) is 3.02. The van der Waals surface area contributed by atoms with E-state index in [9.17, 15) is 9.59 Å². The van der Waals surface area contributed by atoms with E-state index in [4.69, 9.17) is 0 Å². The molecule has 6 nitrogen and oxygen atoms in total. The summed E-state index contributed by atoms with van der Waals surface area (Å²) in [4.78, 5) is 24.7. The van der Waals surface area contributed by atoms with E-state index in [0.717, 1.165) is 19.4 Å². The number of rotatable bonds is 2. The quantitative estimate of drug-likeness (QED) is 0.732. The van der Waals surface area contributed by atoms with Crippen molar-refractivity contribution in [3.8, 4) is 0 Å². The van der Waals surface area contributed by atoms with Crippen LogP contribution >= 0.6 is 0 Å². The van der Waals surface area contributed by atoms with E-state index in [2.05, 4.69) is 15.5 Å². The smallest absolute Gasteiger partial charge is 0.274 e. The van der Waals surface area contributed by atoms with Gasteiger partial charge in [0.15, 0.2) is 0 Å². The Balaban J connectivity index is 2.09. The molecule has 1 saturated heterocycles. The molecule has 0 radical (unpaired) electrons. The maximum absolute atomic E-state index is 12.1. The second-order valence-corrected chi connectivity index (χ2v) is 4.19. The maximum Gasteiger partial charge on any atom is 0.274 e. The Kier molecular flexibility index (Phi) is 3.53. The molecular weight excluding hydrogens is 220 g/mol. The molecule has 0 bridgehead atoms. The molecule has 0 aliphatic carbocycles. The van der Waals surface area contributed by atoms with E-state index < -0.39 is 0 Å². The van der Waals surface area contributed by atoms with Gasteiger partial charge >= 0.3 is 0 Å². The number of piperidine rings is 1. The second kappa shape index (κ2) is 5.09. The fourth-order valence-corrected chi connectivity index (χ4v) is 2.02. The number of carbonyl (C=O) groups is 1. The van der Waals surface area contributed by atoms with Crippen molar-refractivity contribution in [1.29, 1.82) is 0 Å². The van der Waals surface area contributed by atoms with Gasteiger partial charge in [0.25, 0.3) is 11.5 Å². The zero-order valence-electron chi connectivity index (χ0n) is 9.77. The number of nitrogens with zero attached hydrogens (tertiary/aromatic N) is 2. The van der Waals surface area contributed by atoms with E-state index in [1.165, 1.54) is 12.1 Å². The van der Waals surface area contributed by atoms with Gasteiger partial charge < -0.3 is 10.2 Å². The minimum absolute atomic E-state index is 0.124. The number of aromatic nitrogens is 2. The van der Waals surface area contributed by atoms with E-state index >= 15 is 0 Å². The van der Waals surface area contributed by atoms with Crippen LogP contribution in [0.3, 0.4) is 0 Å². The van der Waals surface area contributed by atoms with Crippen LogP contribution in [0.5, 0.6) is 0 Å². The molecule has 6 heteroatoms. The minimum Gasteiger partial charge on any atom is -0.336 e. The molecule has 1 aromatic heterocycles. The molecule has 1 fully saturated rings. The minimum atomic E-state index is -0.298. The number of nitrogens with one attached hydrogen (secondary N) is 2. The molecule has 1 amide bonds. The molecule has 2 rings (SSSR count). The number of likely N-dealkylation sites (N-methyl/N-ethyl adjacent to an activating group) is 1. The zero-order valence-corrected chi connectivity index (χ0v) is 9.77. The fourth-order valence-electron chi connectivity index (χ4n) is 2.02. The molecule has 0 aromatic carbocycles. The summed E-state index contributed by atoms with van der Waals surface area (Å²) < 4.78 is 0. The Morgan fingerprint density at radius 1 is 1.59 bits per heavy atom. The number of carbonyl (C=O) groups excluding carboxylic acids is 1. The van der Waals surface area contributed by atoms with Gasteiger partial charge in [-0.2, -0.15) is 5.10 Å². The summed E-state index contributed by atoms with van der Waals surface area (Å²) in [7, 11) is 1.90. The van der Waals surface area contributed by atoms with Crippen molar-refractivity contribution in [2.75, 3.05) is 20.1 Å². The van der Waals surface area contributed by atoms with Gasteiger partial charge in [-0.25, -0.2) is 5.10 Å². The predicted molar refractivity (Wildman–Crippen MR) is 62.8 cm³/mol. The van der Waals surface area contributed by atoms with Crippen LogP contribution in [-0.2, 0) is 0 Å². The van der Waals surface area contributed by atoms with Gasteiger partial charge in [-0.15, -0.1) is 0 Å². The first-order valence-electron chi connectivity index (χ1n) is 5.73. The van der Waals surface area contributed by atoms with Crippen molar-refractivity contribution in [1.82, 2.24) is 20.4 Å². The van der Waals surface area contributed by atoms with Crippen molar-refractivity contribution in [2.45, 2.75) is 18.9 Å². The third kappa shape index (κ3) is 2.71. The first kappa shape index (κ1) is 11.8. The highest BCUT2D eigenvalue weighted by molar-refractivity contribution is 5.92. The molecule has 1 aromatic rings. The average Bonchev–Trinajstić information content (AvgIpc) is 2.39. The highest BCUT2D eigenvalue weighted by atomic mass is 16.2. The van der Waals surface area contributed by atoms with Crippen molar-refractivity contribution >= 4 is 5.91 Å². The SMILES string of the molecule is CNC1CCCN(C(=O)c2ccc(=O)[nH]n2)C1. The molecule has 1 aliphatic heterocycles. The summed E-state index contributed by atoms with van der Waals surface area (Å²) in [5.74, 6) is -0.124. The summed E-state index contributed by atoms with van der Waals surface area (Å²) in [5, 5.41) is 9.21. The number of aromatic amines is 1. The molecule has 0 saturated carbocycles. The lowest BCUT2D eigenvalue weighted by molar-refractivity contribution is 0.0691. The molecule has 2 N–H and O–H groups in total. The van der Waals surface area contributed by atoms with Crippen molar-refractivity contribution in [2.24, 2.45) is 0 Å². The first-order chi connectivity index (χ1) is 8.20. The maximum atomic E-state index is 12.1. The molecule has 92 valence electrons. The van der Waals surface area contributed by atoms with Gasteiger partial charge in [-0.3, -0.25) is 9.59 Å². The van der Waals surface area contributed by atoms with Crippen LogP contribution < -0.4 is 10.9 Å². The average molecular weight is 236 g/mol. The Morgan fingerprint density at radius 3 is 3.06 bits per heavy atom. The lowest BCUT2D eigenvalue weighted by Crippen LogP contribution is -2.47. The van der Waals surface area contributed by atoms with Crippen LogP contribution in [0.25, 0.3) is 0 Å². The lowest BCUT2D eigenvalue weighted by atomic mass is 10.1. The zero-order chi connectivity index (χ0) is 12.3. The highest BCUT2D eigenvalue weighted by Crippen LogP contribution is 2.11. The highest BCUT2D eigenvalue weighted by Gasteiger charge is 2.24. The van der Waals surface area contributed by atoms with Gasteiger partial charge in [0.05, 0.1) is 0 Å². The Labute approximate surface area is 99.0 Å². The van der Waals surface area contributed by atoms with Crippen molar-refractivity contribution < 1.29 is 4.79 Å². The van der Waals surface area contributed by atoms with Gasteiger partial charge in [-0.1, -0.05) is 0 Å². The Hall–Kier alpha value is -1.69. The van der Waals surface area contributed by atoms with Gasteiger partial charge in [-0.05, 0) is 26.0 Å². The predicted octanol–water partition coefficient (Wildman–Crippen LogP) is -0.406. The first-order valence-corrected chi connectivity index (χ1v) is 5.73. The van der Waals surface area contributed by atoms with Crippen molar-refractivity contribution in [3.63, 3.8) is 0 Å². The Morgan fingerprint density at radius 2 is 2.41 bits per heavy atom. The van der Waals surface area contributed by atoms with Crippen LogP contribution in [0.4, 0.5) is 0 Å². The molecule has 1 unspecified atom stereocenters. The number of H-pyrrole nitrogens is 1. The van der Waals surface area contributed by atoms with E-state index in [1.807, 2.05) is 7.05 Å². The van der Waals surface area contributed by atoms with Crippen LogP contribution in [0.2, 0.25) is 0 Å². The number of hydrogen-bond acceptors (Lipinski definition) is 4. The van der Waals surface area contributed by atoms with Crippen LogP contribution in [0, 0.1) is 0 Å². The monoisotopic (exact) mass is 236 g/mol. The number of hydrogen-bond donors (Lipinski definition) is 2. The molecular formula is C11H16N4O2. The Bertz CT molecular complexity index is 437. The topological polar surface area (TPSA) is 78.1 Å². The summed E-state index contributed by atoms with van der Waals surface area (Å²) in [6.45, 7) is 1.44. The summed E-state index contributed by atoms with van der Waals surface area (Å²) in [6, 6.07) is 3.12. The molecule has 0 spiro atoms. The number of amides is 1. The summed E-state index contributed by atoms with van der Waals surface area (Å²) in [5.41, 5.74) is -0.00495. The van der Waals surface area contributed by atoms with Crippen LogP contribution in [-0.4, -0.2) is 47.2 Å². The van der Waals surface area contributed by atoms with Gasteiger partial charge in [0, 0.05) is 25.2 Å². The normalized spacial score (nSPS) is 20.3. The fraction of sp³-hybridized carbons (Fsp3) is 0.545. The molecule has 1 atom stereocenters. The largest absolute Gasteiger partial charge is 0.336 e. The van der Waals surface area contributed by atoms with Crippen molar-refractivity contribution in [3.05, 3.63) is 28.2 Å². The lowest BCUT2D eigenvalue weighted by Gasteiger charge is -2.32. The van der Waals surface area contributed by atoms with E-state index in [0.29, 0.717) is 18.3 Å². The standard InChI is InChI=1S/C11H16N4O2/c1-12-8-3-2-6-15(7-8)11(17)9-4-5-10(16)14-13-9/h4-5,8,12H,2-3,6-7H2,1H3,(H,14,16). The second-order valence-electron chi connectivity index (χ2n) is 4.19. The van der Waals surface area contributed by atoms with Gasteiger partial charge in [0.2, 0.25) is 0 Å². The number of likely N-dealkylation sites (tertiary alicyclic amines) is 1. The van der Waals surface area contributed by atoms with Crippen LogP contribution in [0.15, 0.2) is 16.9 Å². The van der Waals surface area contributed by atoms with E-state index in [-0.39, 0.29) is 11.5 Å². The summed E-state index contributed by atoms with van der Waals surface area (Å²) in [6.07, 6.45) is 2.07. The van der Waals surface area contributed by atoms with Gasteiger partial charge in [0.1, 0.15) is 5.69 Å². The summed E-state index contributed by atoms with van der Waals surface area (Å²) >= 11 is 0. The van der Waals surface area contributed by atoms with Crippen LogP contribution in [0.1, 0.15) is 23.3 Å². The molecule has 17 heavy (non-hydrogen) atoms.